The molecule has 1 saturated carbocycles. The van der Waals surface area contributed by atoms with Gasteiger partial charge in [0.2, 0.25) is 5.91 Å². The number of para-hydroxylation sites is 2. The fourth-order valence-electron chi connectivity index (χ4n) is 3.99. The minimum Gasteiger partial charge on any atom is -0.371 e. The van der Waals surface area contributed by atoms with Gasteiger partial charge in [-0.2, -0.15) is 0 Å². The molecular formula is C18H23N3O4. The summed E-state index contributed by atoms with van der Waals surface area (Å²) in [4.78, 5) is 37.2. The summed E-state index contributed by atoms with van der Waals surface area (Å²) in [5.41, 5.74) is 0.293. The molecule has 0 radical (unpaired) electrons. The van der Waals surface area contributed by atoms with E-state index in [1.807, 2.05) is 0 Å². The predicted octanol–water partition coefficient (Wildman–Crippen LogP) is 2.76. The monoisotopic (exact) mass is 345 g/mol. The zero-order valence-corrected chi connectivity index (χ0v) is 14.1. The molecule has 1 aliphatic heterocycles. The van der Waals surface area contributed by atoms with E-state index >= 15 is 0 Å². The van der Waals surface area contributed by atoms with Crippen LogP contribution in [0.25, 0.3) is 0 Å². The number of benzene rings is 1. The molecule has 25 heavy (non-hydrogen) atoms. The number of nitro benzene ring substituents is 1. The van der Waals surface area contributed by atoms with Crippen LogP contribution in [0.1, 0.15) is 38.5 Å². The van der Waals surface area contributed by atoms with Gasteiger partial charge >= 0.3 is 0 Å². The van der Waals surface area contributed by atoms with Crippen LogP contribution >= 0.6 is 0 Å². The van der Waals surface area contributed by atoms with E-state index in [1.165, 1.54) is 6.07 Å². The van der Waals surface area contributed by atoms with E-state index in [9.17, 15) is 19.7 Å². The van der Waals surface area contributed by atoms with Crippen molar-refractivity contribution in [2.24, 2.45) is 5.92 Å². The Kier molecular flexibility index (Phi) is 5.31. The Morgan fingerprint density at radius 2 is 2.04 bits per heavy atom. The van der Waals surface area contributed by atoms with Crippen molar-refractivity contribution >= 4 is 23.1 Å². The van der Waals surface area contributed by atoms with Gasteiger partial charge in [0.05, 0.1) is 11.5 Å². The molecule has 0 bridgehead atoms. The molecule has 2 fully saturated rings. The normalized spacial score (nSPS) is 23.5. The highest BCUT2D eigenvalue weighted by Crippen LogP contribution is 2.32. The van der Waals surface area contributed by atoms with Crippen LogP contribution in [0.15, 0.2) is 24.3 Å². The number of anilines is 1. The maximum Gasteiger partial charge on any atom is 0.292 e. The lowest BCUT2D eigenvalue weighted by atomic mass is 9.82. The number of amides is 1. The van der Waals surface area contributed by atoms with Gasteiger partial charge in [-0.05, 0) is 31.7 Å². The van der Waals surface area contributed by atoms with Gasteiger partial charge in [0.15, 0.2) is 0 Å². The molecule has 1 aromatic carbocycles. The number of likely N-dealkylation sites (tertiary alicyclic amines) is 1. The molecule has 1 amide bonds. The van der Waals surface area contributed by atoms with E-state index in [1.54, 1.807) is 23.1 Å². The molecule has 7 heteroatoms. The Morgan fingerprint density at radius 1 is 1.24 bits per heavy atom. The molecule has 134 valence electrons. The molecule has 0 unspecified atom stereocenters. The number of nitrogens with zero attached hydrogens (tertiary/aromatic N) is 2. The standard InChI is InChI=1S/C18H23N3O4/c22-17-10-4-1-6-13(17)15-9-5-11-20(15)18(23)12-19-14-7-2-3-8-16(14)21(24)25/h2-3,7-8,13,15,19H,1,4-6,9-12H2/t13-,15-/m1/s1. The first-order chi connectivity index (χ1) is 12.1. The summed E-state index contributed by atoms with van der Waals surface area (Å²) in [6.07, 6.45) is 5.26. The van der Waals surface area contributed by atoms with Crippen molar-refractivity contribution in [2.75, 3.05) is 18.4 Å². The second-order valence-electron chi connectivity index (χ2n) is 6.74. The Morgan fingerprint density at radius 3 is 2.80 bits per heavy atom. The molecule has 1 aromatic rings. The van der Waals surface area contributed by atoms with Crippen molar-refractivity contribution in [3.05, 3.63) is 34.4 Å². The fourth-order valence-corrected chi connectivity index (χ4v) is 3.99. The largest absolute Gasteiger partial charge is 0.371 e. The van der Waals surface area contributed by atoms with E-state index in [-0.39, 0.29) is 35.9 Å². The van der Waals surface area contributed by atoms with Gasteiger partial charge in [0, 0.05) is 31.0 Å². The maximum atomic E-state index is 12.6. The number of rotatable bonds is 5. The van der Waals surface area contributed by atoms with Gasteiger partial charge in [-0.1, -0.05) is 18.6 Å². The summed E-state index contributed by atoms with van der Waals surface area (Å²) in [5, 5.41) is 13.9. The molecule has 1 aliphatic carbocycles. The molecule has 0 aromatic heterocycles. The average molecular weight is 345 g/mol. The second kappa shape index (κ2) is 7.63. The molecule has 2 atom stereocenters. The Labute approximate surface area is 146 Å². The lowest BCUT2D eigenvalue weighted by Crippen LogP contribution is -2.45. The molecule has 3 rings (SSSR count). The van der Waals surface area contributed by atoms with Gasteiger partial charge < -0.3 is 10.2 Å². The van der Waals surface area contributed by atoms with E-state index < -0.39 is 4.92 Å². The average Bonchev–Trinajstić information content (AvgIpc) is 3.09. The number of carbonyl (C=O) groups excluding carboxylic acids is 2. The molecular weight excluding hydrogens is 322 g/mol. The highest BCUT2D eigenvalue weighted by atomic mass is 16.6. The minimum absolute atomic E-state index is 0.00225. The molecule has 1 N–H and O–H groups in total. The zero-order chi connectivity index (χ0) is 17.8. The topological polar surface area (TPSA) is 92.6 Å². The summed E-state index contributed by atoms with van der Waals surface area (Å²) < 4.78 is 0. The van der Waals surface area contributed by atoms with Crippen LogP contribution in [0.5, 0.6) is 0 Å². The maximum absolute atomic E-state index is 12.6. The lowest BCUT2D eigenvalue weighted by Gasteiger charge is -2.33. The van der Waals surface area contributed by atoms with Crippen LogP contribution in [-0.2, 0) is 9.59 Å². The first-order valence-corrected chi connectivity index (χ1v) is 8.87. The number of hydrogen-bond donors (Lipinski definition) is 1. The van der Waals surface area contributed by atoms with Crippen LogP contribution in [0, 0.1) is 16.0 Å². The number of ketones is 1. The summed E-state index contributed by atoms with van der Waals surface area (Å²) in [7, 11) is 0. The number of hydrogen-bond acceptors (Lipinski definition) is 5. The Hall–Kier alpha value is -2.44. The van der Waals surface area contributed by atoms with E-state index in [2.05, 4.69) is 5.32 Å². The van der Waals surface area contributed by atoms with Crippen LogP contribution in [0.3, 0.4) is 0 Å². The molecule has 7 nitrogen and oxygen atoms in total. The van der Waals surface area contributed by atoms with Crippen LogP contribution in [0.4, 0.5) is 11.4 Å². The summed E-state index contributed by atoms with van der Waals surface area (Å²) in [6, 6.07) is 6.28. The highest BCUT2D eigenvalue weighted by Gasteiger charge is 2.38. The van der Waals surface area contributed by atoms with E-state index in [0.717, 1.165) is 32.1 Å². The van der Waals surface area contributed by atoms with Gasteiger partial charge in [-0.15, -0.1) is 0 Å². The van der Waals surface area contributed by atoms with Crippen molar-refractivity contribution in [1.29, 1.82) is 0 Å². The number of Topliss-reactive ketones (excluding diaryl/α,β-unsaturated/α-hetero) is 1. The number of nitro groups is 1. The third-order valence-corrected chi connectivity index (χ3v) is 5.22. The summed E-state index contributed by atoms with van der Waals surface area (Å²) >= 11 is 0. The van der Waals surface area contributed by atoms with Crippen LogP contribution < -0.4 is 5.32 Å². The van der Waals surface area contributed by atoms with Crippen LogP contribution in [0.2, 0.25) is 0 Å². The second-order valence-corrected chi connectivity index (χ2v) is 6.74. The molecule has 1 saturated heterocycles. The van der Waals surface area contributed by atoms with Crippen molar-refractivity contribution < 1.29 is 14.5 Å². The third-order valence-electron chi connectivity index (χ3n) is 5.22. The molecule has 0 spiro atoms. The van der Waals surface area contributed by atoms with E-state index in [0.29, 0.717) is 18.7 Å². The summed E-state index contributed by atoms with van der Waals surface area (Å²) in [5.74, 6) is 0.146. The quantitative estimate of drug-likeness (QED) is 0.654. The van der Waals surface area contributed by atoms with Crippen LogP contribution in [-0.4, -0.2) is 40.6 Å². The third kappa shape index (κ3) is 3.81. The van der Waals surface area contributed by atoms with E-state index in [4.69, 9.17) is 0 Å². The first-order valence-electron chi connectivity index (χ1n) is 8.87. The number of nitrogens with one attached hydrogen (secondary N) is 1. The van der Waals surface area contributed by atoms with Gasteiger partial charge in [0.1, 0.15) is 11.5 Å². The SMILES string of the molecule is O=C1CCCC[C@@H]1[C@H]1CCCN1C(=O)CNc1ccccc1[N+](=O)[O-]. The Bertz CT molecular complexity index is 676. The van der Waals surface area contributed by atoms with Gasteiger partial charge in [0.25, 0.3) is 5.69 Å². The van der Waals surface area contributed by atoms with Crippen molar-refractivity contribution in [2.45, 2.75) is 44.6 Å². The lowest BCUT2D eigenvalue weighted by molar-refractivity contribution is -0.383. The van der Waals surface area contributed by atoms with Crippen molar-refractivity contribution in [3.63, 3.8) is 0 Å². The molecule has 2 aliphatic rings. The smallest absolute Gasteiger partial charge is 0.292 e. The fraction of sp³-hybridized carbons (Fsp3) is 0.556. The van der Waals surface area contributed by atoms with Gasteiger partial charge in [-0.3, -0.25) is 19.7 Å². The van der Waals surface area contributed by atoms with Crippen molar-refractivity contribution in [3.8, 4) is 0 Å². The minimum atomic E-state index is -0.466. The number of carbonyl (C=O) groups is 2. The van der Waals surface area contributed by atoms with Gasteiger partial charge in [-0.25, -0.2) is 0 Å². The van der Waals surface area contributed by atoms with Crippen molar-refractivity contribution in [1.82, 2.24) is 4.90 Å². The summed E-state index contributed by atoms with van der Waals surface area (Å²) in [6.45, 7) is 0.661. The zero-order valence-electron chi connectivity index (χ0n) is 14.1. The predicted molar refractivity (Wildman–Crippen MR) is 93.3 cm³/mol. The highest BCUT2D eigenvalue weighted by molar-refractivity contribution is 5.85. The Balaban J connectivity index is 1.64. The molecule has 1 heterocycles. The first kappa shape index (κ1) is 17.4.